The molecule has 0 aromatic rings. The second-order valence-corrected chi connectivity index (χ2v) is 10.5. The Balaban J connectivity index is 3.22. The summed E-state index contributed by atoms with van der Waals surface area (Å²) in [6.45, 7) is 11.4. The molecule has 3 heteroatoms. The largest absolute Gasteiger partial charge is 0.377 e. The van der Waals surface area contributed by atoms with E-state index in [4.69, 9.17) is 15.8 Å². The van der Waals surface area contributed by atoms with Crippen molar-refractivity contribution in [2.45, 2.75) is 26.1 Å². The molecule has 0 heterocycles. The van der Waals surface area contributed by atoms with E-state index in [1.165, 1.54) is 0 Å². The van der Waals surface area contributed by atoms with Gasteiger partial charge in [0.15, 0.2) is 7.38 Å². The molecule has 0 aliphatic carbocycles. The van der Waals surface area contributed by atoms with E-state index in [0.29, 0.717) is 6.61 Å². The Morgan fingerprint density at radius 3 is 2.45 bits per heavy atom. The Morgan fingerprint density at radius 2 is 2.09 bits per heavy atom. The van der Waals surface area contributed by atoms with Gasteiger partial charge in [0.1, 0.15) is 0 Å². The van der Waals surface area contributed by atoms with Crippen molar-refractivity contribution in [1.82, 2.24) is 0 Å². The van der Waals surface area contributed by atoms with Crippen molar-refractivity contribution in [2.24, 2.45) is 0 Å². The Kier molecular flexibility index (Phi) is 5.05. The van der Waals surface area contributed by atoms with Gasteiger partial charge >= 0.3 is 0 Å². The number of halogens is 1. The normalized spacial score (nSPS) is 11.6. The molecule has 11 heavy (non-hydrogen) atoms. The Bertz CT molecular complexity index is 129. The molecule has 0 aromatic carbocycles. The maximum Gasteiger partial charge on any atom is 0.152 e. The monoisotopic (exact) mass is 192 g/mol. The molecule has 0 N–H and O–H groups in total. The van der Waals surface area contributed by atoms with Crippen molar-refractivity contribution in [3.05, 3.63) is 12.2 Å². The van der Waals surface area contributed by atoms with Crippen LogP contribution in [0.25, 0.3) is 0 Å². The molecule has 0 fully saturated rings. The first-order chi connectivity index (χ1) is 4.92. The highest BCUT2D eigenvalue weighted by Gasteiger charge is 2.15. The highest BCUT2D eigenvalue weighted by atomic mass is 35.6. The predicted molar refractivity (Wildman–Crippen MR) is 53.8 cm³/mol. The van der Waals surface area contributed by atoms with Crippen LogP contribution in [0.5, 0.6) is 0 Å². The number of hydrogen-bond acceptors (Lipinski definition) is 1. The van der Waals surface area contributed by atoms with E-state index < -0.39 is 7.38 Å². The first-order valence-corrected chi connectivity index (χ1v) is 8.05. The van der Waals surface area contributed by atoms with Gasteiger partial charge in [-0.1, -0.05) is 25.2 Å². The zero-order chi connectivity index (χ0) is 8.91. The molecular weight excluding hydrogens is 176 g/mol. The summed E-state index contributed by atoms with van der Waals surface area (Å²) < 4.78 is 5.32. The number of rotatable bonds is 5. The first-order valence-electron chi connectivity index (χ1n) is 3.83. The molecule has 0 saturated carbocycles. The van der Waals surface area contributed by atoms with Crippen molar-refractivity contribution < 1.29 is 4.74 Å². The first kappa shape index (κ1) is 11.2. The van der Waals surface area contributed by atoms with Crippen LogP contribution < -0.4 is 0 Å². The van der Waals surface area contributed by atoms with Crippen molar-refractivity contribution >= 4 is 18.5 Å². The lowest BCUT2D eigenvalue weighted by molar-refractivity contribution is 0.170. The molecule has 0 aliphatic heterocycles. The summed E-state index contributed by atoms with van der Waals surface area (Å²) in [6.07, 6.45) is 0. The topological polar surface area (TPSA) is 9.23 Å². The van der Waals surface area contributed by atoms with E-state index in [1.807, 2.05) is 6.92 Å². The molecule has 0 atom stereocenters. The van der Waals surface area contributed by atoms with Gasteiger partial charge in [-0.05, 0) is 13.0 Å². The molecule has 0 spiro atoms. The molecule has 0 aromatic heterocycles. The molecule has 0 rings (SSSR count). The van der Waals surface area contributed by atoms with Gasteiger partial charge in [0.05, 0.1) is 6.61 Å². The maximum absolute atomic E-state index is 6.08. The minimum atomic E-state index is -1.41. The fourth-order valence-corrected chi connectivity index (χ4v) is 1.42. The summed E-state index contributed by atoms with van der Waals surface area (Å²) in [7, 11) is -1.41. The standard InChI is InChI=1S/C8H17ClOSi/c1-8(2)7-10-5-6-11(3,4)9/h1,5-7H2,2-4H3. The van der Waals surface area contributed by atoms with Crippen LogP contribution in [0, 0.1) is 0 Å². The second-order valence-electron chi connectivity index (χ2n) is 3.48. The van der Waals surface area contributed by atoms with E-state index in [2.05, 4.69) is 19.7 Å². The second kappa shape index (κ2) is 4.96. The van der Waals surface area contributed by atoms with Crippen molar-refractivity contribution in [3.8, 4) is 0 Å². The summed E-state index contributed by atoms with van der Waals surface area (Å²) >= 11 is 6.08. The highest BCUT2D eigenvalue weighted by Crippen LogP contribution is 2.13. The molecule has 0 aliphatic rings. The van der Waals surface area contributed by atoms with Gasteiger partial charge in [-0.3, -0.25) is 0 Å². The lowest BCUT2D eigenvalue weighted by Gasteiger charge is -2.12. The minimum absolute atomic E-state index is 0.668. The molecule has 0 radical (unpaired) electrons. The zero-order valence-electron chi connectivity index (χ0n) is 7.61. The Hall–Kier alpha value is 0.207. The van der Waals surface area contributed by atoms with Crippen molar-refractivity contribution in [1.29, 1.82) is 0 Å². The van der Waals surface area contributed by atoms with Gasteiger partial charge in [0.25, 0.3) is 0 Å². The van der Waals surface area contributed by atoms with Gasteiger partial charge in [-0.25, -0.2) is 0 Å². The van der Waals surface area contributed by atoms with Crippen LogP contribution in [0.3, 0.4) is 0 Å². The van der Waals surface area contributed by atoms with Gasteiger partial charge < -0.3 is 4.74 Å². The van der Waals surface area contributed by atoms with E-state index >= 15 is 0 Å². The van der Waals surface area contributed by atoms with Crippen LogP contribution in [0.2, 0.25) is 19.1 Å². The van der Waals surface area contributed by atoms with Crippen molar-refractivity contribution in [3.63, 3.8) is 0 Å². The molecule has 66 valence electrons. The van der Waals surface area contributed by atoms with E-state index in [1.54, 1.807) is 0 Å². The van der Waals surface area contributed by atoms with Crippen LogP contribution in [0.4, 0.5) is 0 Å². The summed E-state index contributed by atoms with van der Waals surface area (Å²) in [5.74, 6) is 0. The van der Waals surface area contributed by atoms with Gasteiger partial charge in [0, 0.05) is 6.61 Å². The average molecular weight is 193 g/mol. The SMILES string of the molecule is C=C(C)COCC[Si](C)(C)Cl. The van der Waals surface area contributed by atoms with Gasteiger partial charge in [0.2, 0.25) is 0 Å². The Labute approximate surface area is 75.1 Å². The lowest BCUT2D eigenvalue weighted by atomic mass is 10.4. The van der Waals surface area contributed by atoms with E-state index in [-0.39, 0.29) is 0 Å². The molecule has 0 saturated heterocycles. The van der Waals surface area contributed by atoms with E-state index in [0.717, 1.165) is 18.2 Å². The molecule has 0 amide bonds. The molecular formula is C8H17ClOSi. The quantitative estimate of drug-likeness (QED) is 0.282. The van der Waals surface area contributed by atoms with Crippen LogP contribution >= 0.6 is 11.1 Å². The third-order valence-corrected chi connectivity index (χ3v) is 3.15. The van der Waals surface area contributed by atoms with Crippen LogP contribution in [-0.4, -0.2) is 20.6 Å². The highest BCUT2D eigenvalue weighted by molar-refractivity contribution is 7.19. The number of hydrogen-bond donors (Lipinski definition) is 0. The summed E-state index contributed by atoms with van der Waals surface area (Å²) in [5, 5.41) is 0. The predicted octanol–water partition coefficient (Wildman–Crippen LogP) is 3.02. The minimum Gasteiger partial charge on any atom is -0.377 e. The van der Waals surface area contributed by atoms with Crippen molar-refractivity contribution in [2.75, 3.05) is 13.2 Å². The van der Waals surface area contributed by atoms with Crippen LogP contribution in [-0.2, 0) is 4.74 Å². The third-order valence-electron chi connectivity index (χ3n) is 1.19. The summed E-state index contributed by atoms with van der Waals surface area (Å²) in [5.41, 5.74) is 1.07. The average Bonchev–Trinajstić information content (AvgIpc) is 1.78. The zero-order valence-corrected chi connectivity index (χ0v) is 9.37. The van der Waals surface area contributed by atoms with Gasteiger partial charge in [-0.2, -0.15) is 11.1 Å². The molecule has 0 bridgehead atoms. The fourth-order valence-electron chi connectivity index (χ4n) is 0.561. The summed E-state index contributed by atoms with van der Waals surface area (Å²) in [4.78, 5) is 0. The molecule has 1 nitrogen and oxygen atoms in total. The fraction of sp³-hybridized carbons (Fsp3) is 0.750. The third kappa shape index (κ3) is 10.2. The van der Waals surface area contributed by atoms with Crippen LogP contribution in [0.15, 0.2) is 12.2 Å². The van der Waals surface area contributed by atoms with E-state index in [9.17, 15) is 0 Å². The number of ether oxygens (including phenoxy) is 1. The Morgan fingerprint density at radius 1 is 1.55 bits per heavy atom. The lowest BCUT2D eigenvalue weighted by Crippen LogP contribution is -2.18. The maximum atomic E-state index is 6.08. The van der Waals surface area contributed by atoms with Gasteiger partial charge in [-0.15, -0.1) is 0 Å². The summed E-state index contributed by atoms with van der Waals surface area (Å²) in [6, 6.07) is 1.02. The van der Waals surface area contributed by atoms with Crippen LogP contribution in [0.1, 0.15) is 6.92 Å². The molecule has 0 unspecified atom stereocenters. The smallest absolute Gasteiger partial charge is 0.152 e.